The SMILES string of the molecule is COC(=O)[C@H](CSCc1ccccc1)NC(=O)C(Cc1ccc(OC(C)=O)c(OC(C)=O)c1)OC(C)=O. The number of methoxy groups -OCH3 is 1. The second-order valence-corrected chi connectivity index (χ2v) is 8.89. The molecule has 0 saturated heterocycles. The number of amides is 1. The third-order valence-electron chi connectivity index (χ3n) is 4.74. The fourth-order valence-corrected chi connectivity index (χ4v) is 4.20. The summed E-state index contributed by atoms with van der Waals surface area (Å²) in [6.45, 7) is 3.53. The molecule has 10 nitrogen and oxygen atoms in total. The number of ether oxygens (including phenoxy) is 4. The van der Waals surface area contributed by atoms with Gasteiger partial charge in [0.05, 0.1) is 7.11 Å². The summed E-state index contributed by atoms with van der Waals surface area (Å²) in [7, 11) is 1.22. The van der Waals surface area contributed by atoms with Crippen molar-refractivity contribution in [2.24, 2.45) is 0 Å². The van der Waals surface area contributed by atoms with Crippen LogP contribution in [0, 0.1) is 0 Å². The zero-order chi connectivity index (χ0) is 27.4. The van der Waals surface area contributed by atoms with Gasteiger partial charge in [-0.1, -0.05) is 36.4 Å². The van der Waals surface area contributed by atoms with E-state index in [1.54, 1.807) is 0 Å². The van der Waals surface area contributed by atoms with Crippen molar-refractivity contribution in [3.8, 4) is 11.5 Å². The zero-order valence-electron chi connectivity index (χ0n) is 21.0. The molecule has 1 N–H and O–H groups in total. The summed E-state index contributed by atoms with van der Waals surface area (Å²) in [4.78, 5) is 59.9. The highest BCUT2D eigenvalue weighted by molar-refractivity contribution is 7.98. The Balaban J connectivity index is 2.17. The van der Waals surface area contributed by atoms with Crippen molar-refractivity contribution in [1.29, 1.82) is 0 Å². The molecule has 0 spiro atoms. The lowest BCUT2D eigenvalue weighted by molar-refractivity contribution is -0.155. The Labute approximate surface area is 219 Å². The number of rotatable bonds is 12. The van der Waals surface area contributed by atoms with Crippen molar-refractivity contribution in [1.82, 2.24) is 5.32 Å². The Morgan fingerprint density at radius 2 is 1.49 bits per heavy atom. The topological polar surface area (TPSA) is 134 Å². The van der Waals surface area contributed by atoms with Gasteiger partial charge in [-0.3, -0.25) is 19.2 Å². The summed E-state index contributed by atoms with van der Waals surface area (Å²) in [6, 6.07) is 13.0. The third-order valence-corrected chi connectivity index (χ3v) is 5.84. The average Bonchev–Trinajstić information content (AvgIpc) is 2.83. The molecule has 1 unspecified atom stereocenters. The Bertz CT molecular complexity index is 1120. The molecule has 11 heteroatoms. The molecular weight excluding hydrogens is 502 g/mol. The van der Waals surface area contributed by atoms with Crippen LogP contribution in [0.5, 0.6) is 11.5 Å². The van der Waals surface area contributed by atoms with Gasteiger partial charge in [0.25, 0.3) is 5.91 Å². The zero-order valence-corrected chi connectivity index (χ0v) is 21.8. The molecule has 0 saturated carbocycles. The minimum Gasteiger partial charge on any atom is -0.467 e. The standard InChI is InChI=1S/C26H29NO9S/c1-16(28)34-22-11-10-20(12-23(22)35-17(2)29)13-24(36-18(3)30)25(31)27-21(26(32)33-4)15-37-14-19-8-6-5-7-9-19/h5-12,21,24H,13-15H2,1-4H3,(H,27,31)/t21-,24?/m0/s1. The summed E-state index contributed by atoms with van der Waals surface area (Å²) in [5, 5.41) is 2.60. The van der Waals surface area contributed by atoms with Crippen LogP contribution in [0.15, 0.2) is 48.5 Å². The number of nitrogens with one attached hydrogen (secondary N) is 1. The number of benzene rings is 2. The molecule has 0 aromatic heterocycles. The van der Waals surface area contributed by atoms with Gasteiger partial charge >= 0.3 is 23.9 Å². The fraction of sp³-hybridized carbons (Fsp3) is 0.346. The number of esters is 4. The van der Waals surface area contributed by atoms with Crippen LogP contribution >= 0.6 is 11.8 Å². The lowest BCUT2D eigenvalue weighted by Crippen LogP contribution is -2.49. The molecule has 198 valence electrons. The maximum absolute atomic E-state index is 13.1. The van der Waals surface area contributed by atoms with Gasteiger partial charge < -0.3 is 24.3 Å². The van der Waals surface area contributed by atoms with Crippen LogP contribution in [0.25, 0.3) is 0 Å². The van der Waals surface area contributed by atoms with Gasteiger partial charge in [0.2, 0.25) is 0 Å². The van der Waals surface area contributed by atoms with Crippen molar-refractivity contribution < 1.29 is 42.9 Å². The highest BCUT2D eigenvalue weighted by atomic mass is 32.2. The van der Waals surface area contributed by atoms with Crippen LogP contribution in [0.1, 0.15) is 31.9 Å². The normalized spacial score (nSPS) is 12.0. The molecule has 0 aliphatic carbocycles. The summed E-state index contributed by atoms with van der Waals surface area (Å²) in [5.41, 5.74) is 1.50. The number of thioether (sulfide) groups is 1. The van der Waals surface area contributed by atoms with E-state index in [-0.39, 0.29) is 23.7 Å². The van der Waals surface area contributed by atoms with Gasteiger partial charge in [-0.05, 0) is 23.3 Å². The molecule has 0 aliphatic heterocycles. The monoisotopic (exact) mass is 531 g/mol. The smallest absolute Gasteiger partial charge is 0.329 e. The molecule has 0 bridgehead atoms. The first-order valence-electron chi connectivity index (χ1n) is 11.3. The van der Waals surface area contributed by atoms with Crippen LogP contribution in [-0.2, 0) is 45.6 Å². The first-order valence-corrected chi connectivity index (χ1v) is 12.4. The number of carbonyl (C=O) groups excluding carboxylic acids is 5. The van der Waals surface area contributed by atoms with E-state index < -0.39 is 41.9 Å². The first-order chi connectivity index (χ1) is 17.6. The maximum Gasteiger partial charge on any atom is 0.329 e. The number of carbonyl (C=O) groups is 5. The molecule has 0 heterocycles. The van der Waals surface area contributed by atoms with E-state index in [2.05, 4.69) is 5.32 Å². The van der Waals surface area contributed by atoms with Gasteiger partial charge in [0, 0.05) is 38.7 Å². The number of hydrogen-bond donors (Lipinski definition) is 1. The minimum atomic E-state index is -1.30. The quantitative estimate of drug-likeness (QED) is 0.322. The van der Waals surface area contributed by atoms with Gasteiger partial charge in [0.15, 0.2) is 17.6 Å². The summed E-state index contributed by atoms with van der Waals surface area (Å²) in [5.74, 6) is -2.48. The molecule has 2 atom stereocenters. The summed E-state index contributed by atoms with van der Waals surface area (Å²) < 4.78 is 20.2. The molecule has 0 aliphatic rings. The van der Waals surface area contributed by atoms with Crippen molar-refractivity contribution in [3.05, 3.63) is 59.7 Å². The van der Waals surface area contributed by atoms with Crippen LogP contribution in [0.3, 0.4) is 0 Å². The first kappa shape index (κ1) is 29.4. The van der Waals surface area contributed by atoms with E-state index in [9.17, 15) is 24.0 Å². The molecule has 2 aromatic carbocycles. The van der Waals surface area contributed by atoms with Crippen LogP contribution in [0.2, 0.25) is 0 Å². The fourth-order valence-electron chi connectivity index (χ4n) is 3.20. The highest BCUT2D eigenvalue weighted by Gasteiger charge is 2.29. The van der Waals surface area contributed by atoms with Crippen LogP contribution in [0.4, 0.5) is 0 Å². The van der Waals surface area contributed by atoms with Gasteiger partial charge in [-0.15, -0.1) is 0 Å². The van der Waals surface area contributed by atoms with Gasteiger partial charge in [-0.2, -0.15) is 11.8 Å². The van der Waals surface area contributed by atoms with Crippen molar-refractivity contribution in [3.63, 3.8) is 0 Å². The van der Waals surface area contributed by atoms with E-state index in [1.165, 1.54) is 50.9 Å². The minimum absolute atomic E-state index is 0.0149. The molecule has 1 amide bonds. The van der Waals surface area contributed by atoms with E-state index in [4.69, 9.17) is 18.9 Å². The Hall–Kier alpha value is -3.86. The Morgan fingerprint density at radius 3 is 2.08 bits per heavy atom. The molecule has 0 fully saturated rings. The van der Waals surface area contributed by atoms with E-state index in [0.29, 0.717) is 11.3 Å². The van der Waals surface area contributed by atoms with Gasteiger partial charge in [-0.25, -0.2) is 4.79 Å². The third kappa shape index (κ3) is 10.3. The average molecular weight is 532 g/mol. The molecule has 2 rings (SSSR count). The highest BCUT2D eigenvalue weighted by Crippen LogP contribution is 2.29. The predicted octanol–water partition coefficient (Wildman–Crippen LogP) is 2.60. The summed E-state index contributed by atoms with van der Waals surface area (Å²) in [6.07, 6.45) is -1.40. The Kier molecular flexibility index (Phi) is 11.6. The van der Waals surface area contributed by atoms with Crippen LogP contribution < -0.4 is 14.8 Å². The molecule has 37 heavy (non-hydrogen) atoms. The van der Waals surface area contributed by atoms with Crippen LogP contribution in [-0.4, -0.2) is 54.8 Å². The van der Waals surface area contributed by atoms with E-state index in [0.717, 1.165) is 12.5 Å². The second-order valence-electron chi connectivity index (χ2n) is 7.86. The second kappa shape index (κ2) is 14.6. The molecular formula is C26H29NO9S. The molecule has 0 radical (unpaired) electrons. The lowest BCUT2D eigenvalue weighted by Gasteiger charge is -2.21. The van der Waals surface area contributed by atoms with Gasteiger partial charge in [0.1, 0.15) is 6.04 Å². The predicted molar refractivity (Wildman–Crippen MR) is 135 cm³/mol. The van der Waals surface area contributed by atoms with E-state index in [1.807, 2.05) is 30.3 Å². The summed E-state index contributed by atoms with van der Waals surface area (Å²) >= 11 is 1.43. The number of hydrogen-bond acceptors (Lipinski definition) is 10. The van der Waals surface area contributed by atoms with Crippen molar-refractivity contribution in [2.45, 2.75) is 45.1 Å². The van der Waals surface area contributed by atoms with E-state index >= 15 is 0 Å². The Morgan fingerprint density at radius 1 is 0.838 bits per heavy atom. The maximum atomic E-state index is 13.1. The van der Waals surface area contributed by atoms with Crippen molar-refractivity contribution in [2.75, 3.05) is 12.9 Å². The van der Waals surface area contributed by atoms with Crippen molar-refractivity contribution >= 4 is 41.5 Å². The lowest BCUT2D eigenvalue weighted by atomic mass is 10.1. The largest absolute Gasteiger partial charge is 0.467 e. The molecule has 2 aromatic rings.